The summed E-state index contributed by atoms with van der Waals surface area (Å²) in [5, 5.41) is 2.83. The summed E-state index contributed by atoms with van der Waals surface area (Å²) in [6, 6.07) is 5.98. The fraction of sp³-hybridized carbons (Fsp3) is 0.231. The molecule has 2 rings (SSSR count). The Hall–Kier alpha value is -1.66. The second-order valence-electron chi connectivity index (χ2n) is 4.92. The van der Waals surface area contributed by atoms with Crippen LogP contribution in [0, 0.1) is 12.3 Å². The van der Waals surface area contributed by atoms with Crippen molar-refractivity contribution in [1.82, 2.24) is 0 Å². The number of nitrogens with zero attached hydrogens (tertiary/aromatic N) is 1. The van der Waals surface area contributed by atoms with Gasteiger partial charge in [-0.3, -0.25) is 4.79 Å². The zero-order valence-electron chi connectivity index (χ0n) is 9.66. The summed E-state index contributed by atoms with van der Waals surface area (Å²) in [4.78, 5) is 15.4. The van der Waals surface area contributed by atoms with E-state index in [1.165, 1.54) is 5.19 Å². The van der Waals surface area contributed by atoms with Gasteiger partial charge < -0.3 is 0 Å². The Morgan fingerprint density at radius 1 is 1.31 bits per heavy atom. The number of carbonyl (C=O) groups excluding carboxylic acids is 1. The van der Waals surface area contributed by atoms with Crippen molar-refractivity contribution in [3.63, 3.8) is 0 Å². The van der Waals surface area contributed by atoms with Crippen LogP contribution in [0.15, 0.2) is 23.2 Å². The average Bonchev–Trinajstić information content (AvgIpc) is 2.50. The summed E-state index contributed by atoms with van der Waals surface area (Å²) in [5.41, 5.74) is 0.398. The molecule has 0 fully saturated rings. The van der Waals surface area contributed by atoms with E-state index in [0.717, 1.165) is 5.22 Å². The molecule has 2 nitrogen and oxygen atoms in total. The molecular weight excluding hydrogens is 214 g/mol. The van der Waals surface area contributed by atoms with E-state index >= 15 is 0 Å². The molecule has 0 aromatic heterocycles. The van der Waals surface area contributed by atoms with Crippen LogP contribution >= 0.6 is 0 Å². The molecule has 1 amide bonds. The van der Waals surface area contributed by atoms with Crippen molar-refractivity contribution < 1.29 is 4.79 Å². The molecule has 0 atom stereocenters. The quantitative estimate of drug-likeness (QED) is 0.497. The first kappa shape index (κ1) is 10.8. The molecule has 1 heterocycles. The fourth-order valence-electron chi connectivity index (χ4n) is 1.72. The van der Waals surface area contributed by atoms with Crippen LogP contribution in [0.5, 0.6) is 0 Å². The summed E-state index contributed by atoms with van der Waals surface area (Å²) in [5.74, 6) is 2.15. The van der Waals surface area contributed by atoms with Crippen LogP contribution in [-0.2, 0) is 4.79 Å². The first-order valence-electron chi connectivity index (χ1n) is 5.18. The van der Waals surface area contributed by atoms with E-state index < -0.39 is 8.07 Å². The van der Waals surface area contributed by atoms with Gasteiger partial charge in [-0.1, -0.05) is 42.9 Å². The second-order valence-corrected chi connectivity index (χ2v) is 10.00. The van der Waals surface area contributed by atoms with Crippen molar-refractivity contribution in [2.75, 3.05) is 0 Å². The van der Waals surface area contributed by atoms with Gasteiger partial charge in [0.1, 0.15) is 5.57 Å². The van der Waals surface area contributed by atoms with E-state index in [1.807, 2.05) is 12.1 Å². The van der Waals surface area contributed by atoms with Crippen molar-refractivity contribution >= 4 is 24.7 Å². The molecule has 0 N–H and O–H groups in total. The van der Waals surface area contributed by atoms with Crippen LogP contribution in [0.1, 0.15) is 0 Å². The Morgan fingerprint density at radius 2 is 2.00 bits per heavy atom. The zero-order valence-corrected chi connectivity index (χ0v) is 10.7. The minimum absolute atomic E-state index is 0.287. The van der Waals surface area contributed by atoms with Crippen LogP contribution in [0.25, 0.3) is 5.57 Å². The Balaban J connectivity index is 2.81. The number of carbonyl (C=O) groups is 1. The van der Waals surface area contributed by atoms with Gasteiger partial charge in [-0.2, -0.15) is 0 Å². The highest BCUT2D eigenvalue weighted by atomic mass is 28.3. The molecular formula is C13H13NOSi. The van der Waals surface area contributed by atoms with Gasteiger partial charge in [0.05, 0.1) is 13.4 Å². The van der Waals surface area contributed by atoms with E-state index in [9.17, 15) is 4.79 Å². The van der Waals surface area contributed by atoms with E-state index in [1.54, 1.807) is 0 Å². The molecule has 80 valence electrons. The predicted molar refractivity (Wildman–Crippen MR) is 67.5 cm³/mol. The molecule has 0 unspecified atom stereocenters. The number of benzene rings is 1. The van der Waals surface area contributed by atoms with E-state index in [0.29, 0.717) is 10.9 Å². The fourth-order valence-corrected chi connectivity index (χ4v) is 2.88. The molecule has 1 aliphatic heterocycles. The molecule has 0 saturated carbocycles. The maximum Gasteiger partial charge on any atom is 0.286 e. The van der Waals surface area contributed by atoms with Crippen molar-refractivity contribution in [2.45, 2.75) is 19.6 Å². The number of rotatable bonds is 1. The number of fused-ring (bicyclic) bond motifs is 1. The maximum absolute atomic E-state index is 11.5. The summed E-state index contributed by atoms with van der Waals surface area (Å²) >= 11 is 0. The minimum atomic E-state index is -1.38. The third-order valence-corrected chi connectivity index (χ3v) is 4.76. The molecule has 0 spiro atoms. The Bertz CT molecular complexity index is 629. The molecule has 0 saturated heterocycles. The largest absolute Gasteiger partial charge is 0.286 e. The number of amides is 1. The van der Waals surface area contributed by atoms with Crippen molar-refractivity contribution in [1.29, 1.82) is 0 Å². The van der Waals surface area contributed by atoms with Crippen LogP contribution in [0.2, 0.25) is 19.6 Å². The van der Waals surface area contributed by atoms with E-state index in [4.69, 9.17) is 6.42 Å². The lowest BCUT2D eigenvalue weighted by Crippen LogP contribution is -2.42. The monoisotopic (exact) mass is 227 g/mol. The Labute approximate surface area is 95.7 Å². The molecule has 1 aliphatic rings. The molecule has 0 bridgehead atoms. The standard InChI is InChI=1S/C13H13NOSi/c1-5-10-11-8-9(16(2,3)4)6-7-12(11)14-13(10)15/h1,6-8H,2-4H3. The third-order valence-electron chi connectivity index (χ3n) is 2.71. The highest BCUT2D eigenvalue weighted by Crippen LogP contribution is 2.01. The lowest BCUT2D eigenvalue weighted by atomic mass is 10.2. The average molecular weight is 227 g/mol. The van der Waals surface area contributed by atoms with Crippen molar-refractivity contribution in [3.05, 3.63) is 28.8 Å². The topological polar surface area (TPSA) is 29.4 Å². The smallest absolute Gasteiger partial charge is 0.266 e. The normalized spacial score (nSPS) is 14.4. The highest BCUT2D eigenvalue weighted by molar-refractivity contribution is 6.88. The minimum Gasteiger partial charge on any atom is -0.266 e. The summed E-state index contributed by atoms with van der Waals surface area (Å²) < 4.78 is 0. The maximum atomic E-state index is 11.5. The van der Waals surface area contributed by atoms with E-state index in [2.05, 4.69) is 36.6 Å². The van der Waals surface area contributed by atoms with Crippen molar-refractivity contribution in [2.24, 2.45) is 4.99 Å². The van der Waals surface area contributed by atoms with Crippen LogP contribution in [-0.4, -0.2) is 14.0 Å². The molecule has 1 aromatic rings. The first-order valence-corrected chi connectivity index (χ1v) is 8.68. The van der Waals surface area contributed by atoms with Crippen LogP contribution in [0.3, 0.4) is 0 Å². The summed E-state index contributed by atoms with van der Waals surface area (Å²) in [6.45, 7) is 6.79. The van der Waals surface area contributed by atoms with Crippen molar-refractivity contribution in [3.8, 4) is 12.3 Å². The SMILES string of the molecule is C#CC1=c2cc([Si](C)(C)C)ccc2=NC1=O. The lowest BCUT2D eigenvalue weighted by Gasteiger charge is -2.15. The molecule has 16 heavy (non-hydrogen) atoms. The molecule has 0 aliphatic carbocycles. The Kier molecular flexibility index (Phi) is 2.32. The third kappa shape index (κ3) is 1.61. The summed E-state index contributed by atoms with van der Waals surface area (Å²) in [6.07, 6.45) is 5.34. The van der Waals surface area contributed by atoms with Crippen LogP contribution in [0.4, 0.5) is 0 Å². The van der Waals surface area contributed by atoms with Gasteiger partial charge in [0.25, 0.3) is 5.91 Å². The highest BCUT2D eigenvalue weighted by Gasteiger charge is 2.19. The van der Waals surface area contributed by atoms with Crippen LogP contribution < -0.4 is 15.8 Å². The predicted octanol–water partition coefficient (Wildman–Crippen LogP) is 0.175. The van der Waals surface area contributed by atoms with E-state index in [-0.39, 0.29) is 5.91 Å². The van der Waals surface area contributed by atoms with Gasteiger partial charge in [-0.05, 0) is 6.07 Å². The van der Waals surface area contributed by atoms with Gasteiger partial charge in [0.2, 0.25) is 0 Å². The molecule has 3 heteroatoms. The zero-order chi connectivity index (χ0) is 11.9. The lowest BCUT2D eigenvalue weighted by molar-refractivity contribution is -0.112. The van der Waals surface area contributed by atoms with Gasteiger partial charge >= 0.3 is 0 Å². The molecule has 0 radical (unpaired) electrons. The number of terminal acetylenes is 1. The number of hydrogen-bond acceptors (Lipinski definition) is 1. The molecule has 1 aromatic carbocycles. The first-order chi connectivity index (χ1) is 7.43. The number of hydrogen-bond donors (Lipinski definition) is 0. The summed E-state index contributed by atoms with van der Waals surface area (Å²) in [7, 11) is -1.38. The van der Waals surface area contributed by atoms with Gasteiger partial charge in [0, 0.05) is 5.22 Å². The van der Waals surface area contributed by atoms with Gasteiger partial charge in [0.15, 0.2) is 0 Å². The second kappa shape index (κ2) is 3.43. The van der Waals surface area contributed by atoms with Gasteiger partial charge in [-0.25, -0.2) is 4.99 Å². The van der Waals surface area contributed by atoms with Gasteiger partial charge in [-0.15, -0.1) is 6.42 Å². The Morgan fingerprint density at radius 3 is 2.56 bits per heavy atom.